The number of aryl methyl sites for hydroxylation is 1. The second-order valence-corrected chi connectivity index (χ2v) is 8.53. The third-order valence-corrected chi connectivity index (χ3v) is 6.87. The van der Waals surface area contributed by atoms with Crippen molar-refractivity contribution in [2.75, 3.05) is 53.1 Å². The maximum Gasteiger partial charge on any atom is 0.248 e. The average Bonchev–Trinajstić information content (AvgIpc) is 3.23. The fourth-order valence-electron chi connectivity index (χ4n) is 5.35. The summed E-state index contributed by atoms with van der Waals surface area (Å²) in [7, 11) is 1.60. The lowest BCUT2D eigenvalue weighted by molar-refractivity contribution is -0.134. The van der Waals surface area contributed by atoms with E-state index in [-0.39, 0.29) is 17.9 Å². The molecule has 2 atom stereocenters. The Bertz CT molecular complexity index is 632. The summed E-state index contributed by atoms with van der Waals surface area (Å²) >= 11 is 0. The van der Waals surface area contributed by atoms with Crippen LogP contribution in [0.2, 0.25) is 0 Å². The molecular formula is C22H32N2O3. The van der Waals surface area contributed by atoms with Gasteiger partial charge in [0.15, 0.2) is 0 Å². The number of carbonyl (C=O) groups is 1. The number of hydrogen-bond acceptors (Lipinski definition) is 4. The second kappa shape index (κ2) is 8.29. The lowest BCUT2D eigenvalue weighted by Crippen LogP contribution is -2.43. The molecule has 0 spiro atoms. The molecule has 3 aliphatic heterocycles. The predicted molar refractivity (Wildman–Crippen MR) is 105 cm³/mol. The van der Waals surface area contributed by atoms with Gasteiger partial charge in [0.2, 0.25) is 5.91 Å². The summed E-state index contributed by atoms with van der Waals surface area (Å²) in [6, 6.07) is 11.4. The van der Waals surface area contributed by atoms with Gasteiger partial charge in [-0.25, -0.2) is 0 Å². The molecule has 3 fully saturated rings. The number of fused-ring (bicyclic) bond motifs is 1. The Kier molecular flexibility index (Phi) is 5.81. The van der Waals surface area contributed by atoms with E-state index in [1.54, 1.807) is 7.11 Å². The van der Waals surface area contributed by atoms with Crippen LogP contribution in [0.15, 0.2) is 30.3 Å². The third-order valence-electron chi connectivity index (χ3n) is 6.87. The molecule has 3 saturated heterocycles. The first-order chi connectivity index (χ1) is 13.2. The quantitative estimate of drug-likeness (QED) is 0.768. The summed E-state index contributed by atoms with van der Waals surface area (Å²) < 4.78 is 10.7. The van der Waals surface area contributed by atoms with Crippen molar-refractivity contribution in [3.63, 3.8) is 0 Å². The van der Waals surface area contributed by atoms with Crippen LogP contribution in [0.25, 0.3) is 0 Å². The third kappa shape index (κ3) is 4.05. The van der Waals surface area contributed by atoms with E-state index in [1.165, 1.54) is 5.56 Å². The van der Waals surface area contributed by atoms with E-state index in [2.05, 4.69) is 40.1 Å². The Morgan fingerprint density at radius 3 is 2.70 bits per heavy atom. The van der Waals surface area contributed by atoms with Gasteiger partial charge in [0.1, 0.15) is 6.61 Å². The number of rotatable bonds is 6. The lowest BCUT2D eigenvalue weighted by atomic mass is 9.76. The highest BCUT2D eigenvalue weighted by Crippen LogP contribution is 2.47. The van der Waals surface area contributed by atoms with Crippen molar-refractivity contribution < 1.29 is 14.3 Å². The summed E-state index contributed by atoms with van der Waals surface area (Å²) in [5.41, 5.74) is 1.62. The van der Waals surface area contributed by atoms with Crippen molar-refractivity contribution in [1.82, 2.24) is 9.80 Å². The van der Waals surface area contributed by atoms with E-state index in [1.807, 2.05) is 0 Å². The molecule has 3 heterocycles. The Balaban J connectivity index is 1.47. The fraction of sp³-hybridized carbons (Fsp3) is 0.682. The van der Waals surface area contributed by atoms with Crippen LogP contribution >= 0.6 is 0 Å². The van der Waals surface area contributed by atoms with E-state index in [4.69, 9.17) is 9.47 Å². The molecule has 1 aromatic carbocycles. The van der Waals surface area contributed by atoms with Gasteiger partial charge >= 0.3 is 0 Å². The SMILES string of the molecule is COCC(=O)N1CC2CN(C3CCOCC3)CC2(CCc2ccccc2)C1. The topological polar surface area (TPSA) is 42.0 Å². The highest BCUT2D eigenvalue weighted by Gasteiger charge is 2.53. The zero-order valence-corrected chi connectivity index (χ0v) is 16.4. The Morgan fingerprint density at radius 1 is 1.19 bits per heavy atom. The minimum Gasteiger partial charge on any atom is -0.381 e. The first-order valence-corrected chi connectivity index (χ1v) is 10.3. The Hall–Kier alpha value is -1.43. The second-order valence-electron chi connectivity index (χ2n) is 8.53. The molecular weight excluding hydrogens is 340 g/mol. The van der Waals surface area contributed by atoms with Crippen molar-refractivity contribution in [2.24, 2.45) is 11.3 Å². The summed E-state index contributed by atoms with van der Waals surface area (Å²) in [5, 5.41) is 0. The molecule has 27 heavy (non-hydrogen) atoms. The first-order valence-electron chi connectivity index (χ1n) is 10.3. The van der Waals surface area contributed by atoms with Gasteiger partial charge in [0.05, 0.1) is 0 Å². The van der Waals surface area contributed by atoms with Crippen LogP contribution in [0.4, 0.5) is 0 Å². The van der Waals surface area contributed by atoms with Crippen molar-refractivity contribution in [3.05, 3.63) is 35.9 Å². The van der Waals surface area contributed by atoms with Crippen molar-refractivity contribution in [2.45, 2.75) is 31.7 Å². The normalized spacial score (nSPS) is 29.2. The van der Waals surface area contributed by atoms with Gasteiger partial charge in [-0.3, -0.25) is 9.69 Å². The molecule has 2 unspecified atom stereocenters. The molecule has 5 nitrogen and oxygen atoms in total. The number of amides is 1. The Labute approximate surface area is 162 Å². The molecule has 4 rings (SSSR count). The number of likely N-dealkylation sites (tertiary alicyclic amines) is 2. The first kappa shape index (κ1) is 18.9. The zero-order chi connectivity index (χ0) is 18.7. The molecule has 5 heteroatoms. The molecule has 0 aliphatic carbocycles. The highest BCUT2D eigenvalue weighted by atomic mass is 16.5. The van der Waals surface area contributed by atoms with E-state index < -0.39 is 0 Å². The molecule has 0 N–H and O–H groups in total. The Morgan fingerprint density at radius 2 is 1.96 bits per heavy atom. The highest BCUT2D eigenvalue weighted by molar-refractivity contribution is 5.78. The van der Waals surface area contributed by atoms with E-state index in [0.29, 0.717) is 12.0 Å². The van der Waals surface area contributed by atoms with Crippen LogP contribution in [0.3, 0.4) is 0 Å². The number of benzene rings is 1. The summed E-state index contributed by atoms with van der Waals surface area (Å²) in [6.07, 6.45) is 4.53. The van der Waals surface area contributed by atoms with Crippen molar-refractivity contribution in [3.8, 4) is 0 Å². The van der Waals surface area contributed by atoms with E-state index >= 15 is 0 Å². The van der Waals surface area contributed by atoms with Crippen LogP contribution in [0.5, 0.6) is 0 Å². The summed E-state index contributed by atoms with van der Waals surface area (Å²) in [5.74, 6) is 0.716. The number of hydrogen-bond donors (Lipinski definition) is 0. The van der Waals surface area contributed by atoms with Gasteiger partial charge < -0.3 is 14.4 Å². The van der Waals surface area contributed by atoms with Crippen LogP contribution in [-0.2, 0) is 20.7 Å². The van der Waals surface area contributed by atoms with Crippen LogP contribution < -0.4 is 0 Å². The molecule has 0 radical (unpaired) electrons. The minimum absolute atomic E-state index is 0.142. The van der Waals surface area contributed by atoms with Gasteiger partial charge in [0.25, 0.3) is 0 Å². The molecule has 1 aromatic rings. The fourth-order valence-corrected chi connectivity index (χ4v) is 5.35. The molecule has 0 aromatic heterocycles. The van der Waals surface area contributed by atoms with Gasteiger partial charge in [-0.2, -0.15) is 0 Å². The van der Waals surface area contributed by atoms with Gasteiger partial charge in [-0.05, 0) is 37.2 Å². The van der Waals surface area contributed by atoms with Crippen LogP contribution in [-0.4, -0.2) is 74.9 Å². The van der Waals surface area contributed by atoms with Gasteiger partial charge in [-0.15, -0.1) is 0 Å². The smallest absolute Gasteiger partial charge is 0.248 e. The van der Waals surface area contributed by atoms with Gasteiger partial charge in [-0.1, -0.05) is 30.3 Å². The maximum atomic E-state index is 12.4. The van der Waals surface area contributed by atoms with Gasteiger partial charge in [0, 0.05) is 58.0 Å². The lowest BCUT2D eigenvalue weighted by Gasteiger charge is -2.34. The molecule has 1 amide bonds. The predicted octanol–water partition coefficient (Wildman–Crippen LogP) is 2.21. The number of ether oxygens (including phenoxy) is 2. The summed E-state index contributed by atoms with van der Waals surface area (Å²) in [4.78, 5) is 17.2. The number of carbonyl (C=O) groups excluding carboxylic acids is 1. The molecule has 0 saturated carbocycles. The minimum atomic E-state index is 0.142. The van der Waals surface area contributed by atoms with Crippen molar-refractivity contribution in [1.29, 1.82) is 0 Å². The maximum absolute atomic E-state index is 12.4. The molecule has 148 valence electrons. The van der Waals surface area contributed by atoms with E-state index in [9.17, 15) is 4.79 Å². The van der Waals surface area contributed by atoms with E-state index in [0.717, 1.165) is 65.1 Å². The molecule has 0 bridgehead atoms. The molecule has 3 aliphatic rings. The van der Waals surface area contributed by atoms with Crippen LogP contribution in [0.1, 0.15) is 24.8 Å². The largest absolute Gasteiger partial charge is 0.381 e. The zero-order valence-electron chi connectivity index (χ0n) is 16.4. The monoisotopic (exact) mass is 372 g/mol. The van der Waals surface area contributed by atoms with Crippen molar-refractivity contribution >= 4 is 5.91 Å². The standard InChI is InChI=1S/C22H32N2O3/c1-26-15-21(25)24-14-19-13-23(20-8-11-27-12-9-20)16-22(19,17-24)10-7-18-5-3-2-4-6-18/h2-6,19-20H,7-17H2,1H3. The summed E-state index contributed by atoms with van der Waals surface area (Å²) in [6.45, 7) is 5.99. The number of methoxy groups -OCH3 is 1. The number of nitrogens with zero attached hydrogens (tertiary/aromatic N) is 2. The van der Waals surface area contributed by atoms with Crippen LogP contribution in [0, 0.1) is 11.3 Å². The average molecular weight is 373 g/mol.